The number of ketones is 1. The summed E-state index contributed by atoms with van der Waals surface area (Å²) in [6.07, 6.45) is 0.0988. The molecule has 0 saturated carbocycles. The minimum atomic E-state index is -0.501. The summed E-state index contributed by atoms with van der Waals surface area (Å²) in [5.41, 5.74) is 2.80. The Morgan fingerprint density at radius 2 is 1.75 bits per heavy atom. The number of nitro benzene ring substituents is 1. The number of anilines is 1. The van der Waals surface area contributed by atoms with E-state index >= 15 is 0 Å². The molecule has 1 unspecified atom stereocenters. The van der Waals surface area contributed by atoms with Gasteiger partial charge in [0.15, 0.2) is 5.78 Å². The lowest BCUT2D eigenvalue weighted by molar-refractivity contribution is -0.384. The van der Waals surface area contributed by atoms with Crippen LogP contribution in [0.5, 0.6) is 0 Å². The van der Waals surface area contributed by atoms with E-state index in [1.807, 2.05) is 19.1 Å². The standard InChI is InChI=1S/C22H19FN2O3/c1-15-5-7-16(8-6-15)22(26)14-21(24-19-11-9-18(23)10-12-19)17-3-2-4-20(13-17)25(27)28/h2-13,21,24H,14H2,1H3. The number of benzene rings is 3. The molecule has 5 nitrogen and oxygen atoms in total. The lowest BCUT2D eigenvalue weighted by Crippen LogP contribution is -2.16. The van der Waals surface area contributed by atoms with Crippen LogP contribution in [0.2, 0.25) is 0 Å². The summed E-state index contributed by atoms with van der Waals surface area (Å²) in [5.74, 6) is -0.459. The van der Waals surface area contributed by atoms with E-state index < -0.39 is 11.0 Å². The Morgan fingerprint density at radius 3 is 2.39 bits per heavy atom. The third-order valence-corrected chi connectivity index (χ3v) is 4.43. The number of nitrogens with one attached hydrogen (secondary N) is 1. The second-order valence-electron chi connectivity index (χ2n) is 6.55. The summed E-state index contributed by atoms with van der Waals surface area (Å²) in [4.78, 5) is 23.4. The first-order valence-corrected chi connectivity index (χ1v) is 8.79. The Balaban J connectivity index is 1.90. The first-order valence-electron chi connectivity index (χ1n) is 8.79. The highest BCUT2D eigenvalue weighted by Gasteiger charge is 2.19. The number of non-ortho nitro benzene ring substituents is 1. The highest BCUT2D eigenvalue weighted by molar-refractivity contribution is 5.96. The molecule has 3 aromatic carbocycles. The zero-order valence-electron chi connectivity index (χ0n) is 15.3. The fourth-order valence-electron chi connectivity index (χ4n) is 2.90. The molecule has 0 amide bonds. The van der Waals surface area contributed by atoms with Crippen LogP contribution < -0.4 is 5.32 Å². The minimum Gasteiger partial charge on any atom is -0.378 e. The van der Waals surface area contributed by atoms with Crippen LogP contribution in [0.15, 0.2) is 72.8 Å². The van der Waals surface area contributed by atoms with Crippen molar-refractivity contribution in [3.63, 3.8) is 0 Å². The van der Waals surface area contributed by atoms with E-state index in [0.29, 0.717) is 16.8 Å². The molecule has 0 aromatic heterocycles. The fraction of sp³-hybridized carbons (Fsp3) is 0.136. The van der Waals surface area contributed by atoms with Crippen LogP contribution in [-0.4, -0.2) is 10.7 Å². The maximum atomic E-state index is 13.2. The maximum Gasteiger partial charge on any atom is 0.269 e. The highest BCUT2D eigenvalue weighted by Crippen LogP contribution is 2.27. The summed E-state index contributed by atoms with van der Waals surface area (Å²) in [5, 5.41) is 14.3. The second-order valence-corrected chi connectivity index (χ2v) is 6.55. The minimum absolute atomic E-state index is 0.0498. The summed E-state index contributed by atoms with van der Waals surface area (Å²) in [6.45, 7) is 1.94. The first kappa shape index (κ1) is 19.2. The van der Waals surface area contributed by atoms with Gasteiger partial charge in [-0.3, -0.25) is 14.9 Å². The Bertz CT molecular complexity index is 985. The SMILES string of the molecule is Cc1ccc(C(=O)CC(Nc2ccc(F)cc2)c2cccc([N+](=O)[O-])c2)cc1. The van der Waals surface area contributed by atoms with Crippen molar-refractivity contribution in [1.29, 1.82) is 0 Å². The van der Waals surface area contributed by atoms with Gasteiger partial charge in [0, 0.05) is 29.8 Å². The van der Waals surface area contributed by atoms with Gasteiger partial charge in [-0.25, -0.2) is 4.39 Å². The first-order chi connectivity index (χ1) is 13.4. The fourth-order valence-corrected chi connectivity index (χ4v) is 2.90. The van der Waals surface area contributed by atoms with Gasteiger partial charge in [0.1, 0.15) is 5.82 Å². The maximum absolute atomic E-state index is 13.2. The Hall–Kier alpha value is -3.54. The molecule has 0 fully saturated rings. The molecule has 1 atom stereocenters. The smallest absolute Gasteiger partial charge is 0.269 e. The summed E-state index contributed by atoms with van der Waals surface area (Å²) < 4.78 is 13.2. The summed E-state index contributed by atoms with van der Waals surface area (Å²) in [6, 6.07) is 18.7. The average molecular weight is 378 g/mol. The quantitative estimate of drug-likeness (QED) is 0.336. The number of nitro groups is 1. The molecule has 0 saturated heterocycles. The number of halogens is 1. The molecular weight excluding hydrogens is 359 g/mol. The third kappa shape index (κ3) is 4.79. The predicted molar refractivity (Wildman–Crippen MR) is 106 cm³/mol. The van der Waals surface area contributed by atoms with Crippen LogP contribution in [0.3, 0.4) is 0 Å². The Labute approximate surface area is 162 Å². The Kier molecular flexibility index (Phi) is 5.79. The average Bonchev–Trinajstić information content (AvgIpc) is 2.69. The van der Waals surface area contributed by atoms with E-state index in [-0.39, 0.29) is 23.7 Å². The van der Waals surface area contributed by atoms with E-state index in [9.17, 15) is 19.3 Å². The van der Waals surface area contributed by atoms with E-state index in [4.69, 9.17) is 0 Å². The van der Waals surface area contributed by atoms with Gasteiger partial charge in [0.25, 0.3) is 5.69 Å². The molecule has 1 N–H and O–H groups in total. The van der Waals surface area contributed by atoms with Crippen molar-refractivity contribution in [2.24, 2.45) is 0 Å². The molecule has 3 rings (SSSR count). The molecule has 142 valence electrons. The molecule has 3 aromatic rings. The van der Waals surface area contributed by atoms with Crippen LogP contribution in [0.4, 0.5) is 15.8 Å². The molecule has 0 bridgehead atoms. The van der Waals surface area contributed by atoms with Crippen LogP contribution in [0, 0.1) is 22.9 Å². The van der Waals surface area contributed by atoms with Crippen LogP contribution in [-0.2, 0) is 0 Å². The third-order valence-electron chi connectivity index (χ3n) is 4.43. The molecule has 0 heterocycles. The number of hydrogen-bond donors (Lipinski definition) is 1. The Morgan fingerprint density at radius 1 is 1.07 bits per heavy atom. The van der Waals surface area contributed by atoms with Gasteiger partial charge in [-0.2, -0.15) is 0 Å². The van der Waals surface area contributed by atoms with Crippen molar-refractivity contribution in [2.45, 2.75) is 19.4 Å². The van der Waals surface area contributed by atoms with Crippen molar-refractivity contribution < 1.29 is 14.1 Å². The van der Waals surface area contributed by atoms with E-state index in [1.54, 1.807) is 36.4 Å². The summed E-state index contributed by atoms with van der Waals surface area (Å²) in [7, 11) is 0. The molecule has 0 radical (unpaired) electrons. The molecule has 28 heavy (non-hydrogen) atoms. The van der Waals surface area contributed by atoms with Crippen molar-refractivity contribution >= 4 is 17.2 Å². The zero-order valence-corrected chi connectivity index (χ0v) is 15.3. The lowest BCUT2D eigenvalue weighted by Gasteiger charge is -2.20. The number of nitrogens with zero attached hydrogens (tertiary/aromatic N) is 1. The van der Waals surface area contributed by atoms with Crippen molar-refractivity contribution in [3.8, 4) is 0 Å². The normalized spacial score (nSPS) is 11.6. The number of Topliss-reactive ketones (excluding diaryl/α,β-unsaturated/α-hetero) is 1. The van der Waals surface area contributed by atoms with E-state index in [0.717, 1.165) is 5.56 Å². The van der Waals surface area contributed by atoms with Gasteiger partial charge in [-0.05, 0) is 36.8 Å². The van der Waals surface area contributed by atoms with Crippen molar-refractivity contribution in [2.75, 3.05) is 5.32 Å². The lowest BCUT2D eigenvalue weighted by atomic mass is 9.96. The van der Waals surface area contributed by atoms with Crippen LogP contribution in [0.1, 0.15) is 33.9 Å². The highest BCUT2D eigenvalue weighted by atomic mass is 19.1. The van der Waals surface area contributed by atoms with Gasteiger partial charge >= 0.3 is 0 Å². The molecular formula is C22H19FN2O3. The number of carbonyl (C=O) groups excluding carboxylic acids is 1. The predicted octanol–water partition coefficient (Wildman–Crippen LogP) is 5.47. The van der Waals surface area contributed by atoms with Gasteiger partial charge in [-0.1, -0.05) is 42.0 Å². The van der Waals surface area contributed by atoms with Gasteiger partial charge in [0.2, 0.25) is 0 Å². The van der Waals surface area contributed by atoms with E-state index in [2.05, 4.69) is 5.32 Å². The molecule has 0 aliphatic heterocycles. The topological polar surface area (TPSA) is 72.2 Å². The van der Waals surface area contributed by atoms with Crippen LogP contribution >= 0.6 is 0 Å². The molecule has 0 aliphatic carbocycles. The number of hydrogen-bond acceptors (Lipinski definition) is 4. The molecule has 0 spiro atoms. The number of aryl methyl sites for hydroxylation is 1. The number of rotatable bonds is 7. The van der Waals surface area contributed by atoms with Crippen molar-refractivity contribution in [3.05, 3.63) is 105 Å². The zero-order chi connectivity index (χ0) is 20.1. The number of carbonyl (C=O) groups is 1. The molecule has 6 heteroatoms. The molecule has 0 aliphatic rings. The van der Waals surface area contributed by atoms with E-state index in [1.165, 1.54) is 24.3 Å². The largest absolute Gasteiger partial charge is 0.378 e. The monoisotopic (exact) mass is 378 g/mol. The van der Waals surface area contributed by atoms with Gasteiger partial charge < -0.3 is 5.32 Å². The summed E-state index contributed by atoms with van der Waals surface area (Å²) >= 11 is 0. The second kappa shape index (κ2) is 8.43. The van der Waals surface area contributed by atoms with Crippen LogP contribution in [0.25, 0.3) is 0 Å². The van der Waals surface area contributed by atoms with Gasteiger partial charge in [0.05, 0.1) is 11.0 Å². The van der Waals surface area contributed by atoms with Gasteiger partial charge in [-0.15, -0.1) is 0 Å². The van der Waals surface area contributed by atoms with Crippen molar-refractivity contribution in [1.82, 2.24) is 0 Å².